The molecule has 2 aromatic carbocycles. The molecule has 1 unspecified atom stereocenters. The fraction of sp³-hybridized carbons (Fsp3) is 0.480. The van der Waals surface area contributed by atoms with Crippen molar-refractivity contribution < 1.29 is 18.9 Å². The van der Waals surface area contributed by atoms with Gasteiger partial charge in [0.1, 0.15) is 11.4 Å². The second-order valence-corrected chi connectivity index (χ2v) is 8.30. The van der Waals surface area contributed by atoms with Crippen molar-refractivity contribution in [1.29, 1.82) is 0 Å². The van der Waals surface area contributed by atoms with Gasteiger partial charge < -0.3 is 29.6 Å². The van der Waals surface area contributed by atoms with E-state index in [0.29, 0.717) is 30.2 Å². The van der Waals surface area contributed by atoms with Crippen molar-refractivity contribution in [2.75, 3.05) is 34.4 Å². The first-order valence-electron chi connectivity index (χ1n) is 11.0. The van der Waals surface area contributed by atoms with Crippen molar-refractivity contribution in [2.45, 2.75) is 45.3 Å². The first-order valence-corrected chi connectivity index (χ1v) is 11.0. The molecule has 1 aliphatic rings. The van der Waals surface area contributed by atoms with Crippen molar-refractivity contribution in [3.8, 4) is 23.0 Å². The molecule has 2 N–H and O–H groups in total. The molecule has 0 aliphatic carbocycles. The summed E-state index contributed by atoms with van der Waals surface area (Å²) in [5, 5.41) is 6.97. The van der Waals surface area contributed by atoms with Gasteiger partial charge in [0, 0.05) is 30.6 Å². The lowest BCUT2D eigenvalue weighted by Crippen LogP contribution is -2.45. The summed E-state index contributed by atoms with van der Waals surface area (Å²) in [6.07, 6.45) is 1.55. The molecule has 0 saturated carbocycles. The Morgan fingerprint density at radius 2 is 1.81 bits per heavy atom. The van der Waals surface area contributed by atoms with E-state index in [1.807, 2.05) is 30.3 Å². The van der Waals surface area contributed by atoms with Crippen LogP contribution in [0, 0.1) is 0 Å². The van der Waals surface area contributed by atoms with Gasteiger partial charge in [-0.05, 0) is 39.3 Å². The predicted molar refractivity (Wildman–Crippen MR) is 127 cm³/mol. The summed E-state index contributed by atoms with van der Waals surface area (Å²) in [5.74, 6) is 3.63. The van der Waals surface area contributed by atoms with Gasteiger partial charge in [-0.15, -0.1) is 0 Å². The lowest BCUT2D eigenvalue weighted by Gasteiger charge is -2.38. The highest BCUT2D eigenvalue weighted by Gasteiger charge is 2.34. The van der Waals surface area contributed by atoms with E-state index in [4.69, 9.17) is 23.9 Å². The Morgan fingerprint density at radius 3 is 2.50 bits per heavy atom. The normalized spacial score (nSPS) is 17.1. The van der Waals surface area contributed by atoms with Crippen molar-refractivity contribution in [1.82, 2.24) is 10.6 Å². The van der Waals surface area contributed by atoms with Crippen molar-refractivity contribution in [2.24, 2.45) is 4.99 Å². The van der Waals surface area contributed by atoms with Gasteiger partial charge in [0.05, 0.1) is 27.4 Å². The zero-order chi connectivity index (χ0) is 23.1. The Kier molecular flexibility index (Phi) is 7.72. The molecule has 0 bridgehead atoms. The van der Waals surface area contributed by atoms with Crippen LogP contribution in [0.25, 0.3) is 0 Å². The molecule has 0 saturated heterocycles. The largest absolute Gasteiger partial charge is 0.493 e. The van der Waals surface area contributed by atoms with E-state index >= 15 is 0 Å². The Labute approximate surface area is 191 Å². The van der Waals surface area contributed by atoms with Crippen LogP contribution in [0.4, 0.5) is 0 Å². The average Bonchev–Trinajstić information content (AvgIpc) is 2.77. The quantitative estimate of drug-likeness (QED) is 0.474. The number of para-hydroxylation sites is 1. The molecule has 3 rings (SSSR count). The monoisotopic (exact) mass is 441 g/mol. The van der Waals surface area contributed by atoms with Crippen LogP contribution < -0.4 is 29.6 Å². The third kappa shape index (κ3) is 5.39. The standard InChI is InChI=1S/C25H35N3O4/c1-7-26-24(28-19-16-25(2,3)32-20-11-9-8-10-18(19)20)27-15-14-17-12-13-21(29-4)23(31-6)22(17)30-5/h8-13,19H,7,14-16H2,1-6H3,(H2,26,27,28). The number of nitrogens with zero attached hydrogens (tertiary/aromatic N) is 1. The van der Waals surface area contributed by atoms with E-state index in [9.17, 15) is 0 Å². The van der Waals surface area contributed by atoms with Crippen LogP contribution in [0.3, 0.4) is 0 Å². The zero-order valence-corrected chi connectivity index (χ0v) is 20.0. The molecule has 174 valence electrons. The van der Waals surface area contributed by atoms with Gasteiger partial charge in [-0.3, -0.25) is 4.99 Å². The fourth-order valence-electron chi connectivity index (χ4n) is 4.06. The minimum absolute atomic E-state index is 0.114. The van der Waals surface area contributed by atoms with E-state index in [2.05, 4.69) is 37.5 Å². The van der Waals surface area contributed by atoms with Gasteiger partial charge in [-0.2, -0.15) is 0 Å². The number of benzene rings is 2. The van der Waals surface area contributed by atoms with Crippen LogP contribution >= 0.6 is 0 Å². The number of nitrogens with one attached hydrogen (secondary N) is 2. The van der Waals surface area contributed by atoms with Crippen LogP contribution in [0.2, 0.25) is 0 Å². The summed E-state index contributed by atoms with van der Waals surface area (Å²) >= 11 is 0. The molecule has 32 heavy (non-hydrogen) atoms. The van der Waals surface area contributed by atoms with Gasteiger partial charge in [0.15, 0.2) is 17.5 Å². The maximum Gasteiger partial charge on any atom is 0.203 e. The SMILES string of the molecule is CCNC(=NCCc1ccc(OC)c(OC)c1OC)NC1CC(C)(C)Oc2ccccc21. The molecule has 2 aromatic rings. The van der Waals surface area contributed by atoms with Crippen molar-refractivity contribution in [3.63, 3.8) is 0 Å². The molecule has 7 heteroatoms. The Bertz CT molecular complexity index is 943. The van der Waals surface area contributed by atoms with E-state index in [0.717, 1.165) is 35.8 Å². The molecule has 0 radical (unpaired) electrons. The summed E-state index contributed by atoms with van der Waals surface area (Å²) in [6.45, 7) is 7.67. The summed E-state index contributed by atoms with van der Waals surface area (Å²) in [7, 11) is 4.87. The highest BCUT2D eigenvalue weighted by Crippen LogP contribution is 2.40. The Hall–Kier alpha value is -3.09. The second-order valence-electron chi connectivity index (χ2n) is 8.30. The van der Waals surface area contributed by atoms with E-state index in [1.165, 1.54) is 0 Å². The fourth-order valence-corrected chi connectivity index (χ4v) is 4.06. The molecular formula is C25H35N3O4. The first-order chi connectivity index (χ1) is 15.4. The van der Waals surface area contributed by atoms with Crippen LogP contribution in [-0.2, 0) is 6.42 Å². The minimum atomic E-state index is -0.254. The third-order valence-electron chi connectivity index (χ3n) is 5.47. The summed E-state index contributed by atoms with van der Waals surface area (Å²) in [4.78, 5) is 4.82. The average molecular weight is 442 g/mol. The number of rotatable bonds is 8. The predicted octanol–water partition coefficient (Wildman–Crippen LogP) is 4.11. The Morgan fingerprint density at radius 1 is 1.06 bits per heavy atom. The number of methoxy groups -OCH3 is 3. The van der Waals surface area contributed by atoms with E-state index in [1.54, 1.807) is 21.3 Å². The van der Waals surface area contributed by atoms with Crippen LogP contribution in [0.1, 0.15) is 44.4 Å². The van der Waals surface area contributed by atoms with Crippen molar-refractivity contribution >= 4 is 5.96 Å². The highest BCUT2D eigenvalue weighted by atomic mass is 16.5. The van der Waals surface area contributed by atoms with E-state index in [-0.39, 0.29) is 11.6 Å². The second kappa shape index (κ2) is 10.5. The topological polar surface area (TPSA) is 73.3 Å². The van der Waals surface area contributed by atoms with Gasteiger partial charge in [0.25, 0.3) is 0 Å². The molecule has 0 aromatic heterocycles. The van der Waals surface area contributed by atoms with Gasteiger partial charge in [0.2, 0.25) is 5.75 Å². The maximum absolute atomic E-state index is 6.16. The lowest BCUT2D eigenvalue weighted by atomic mass is 9.90. The molecule has 0 fully saturated rings. The van der Waals surface area contributed by atoms with E-state index < -0.39 is 0 Å². The molecular weight excluding hydrogens is 406 g/mol. The van der Waals surface area contributed by atoms with Gasteiger partial charge in [-0.1, -0.05) is 24.3 Å². The van der Waals surface area contributed by atoms with Gasteiger partial charge >= 0.3 is 0 Å². The zero-order valence-electron chi connectivity index (χ0n) is 20.0. The highest BCUT2D eigenvalue weighted by molar-refractivity contribution is 5.80. The summed E-state index contributed by atoms with van der Waals surface area (Å²) in [5.41, 5.74) is 1.91. The number of aliphatic imine (C=N–C) groups is 1. The number of hydrogen-bond acceptors (Lipinski definition) is 5. The van der Waals surface area contributed by atoms with Crippen molar-refractivity contribution in [3.05, 3.63) is 47.5 Å². The Balaban J connectivity index is 1.77. The minimum Gasteiger partial charge on any atom is -0.493 e. The number of fused-ring (bicyclic) bond motifs is 1. The number of guanidine groups is 1. The smallest absolute Gasteiger partial charge is 0.203 e. The maximum atomic E-state index is 6.16. The van der Waals surface area contributed by atoms with Crippen LogP contribution in [0.5, 0.6) is 23.0 Å². The molecule has 1 heterocycles. The molecule has 0 spiro atoms. The molecule has 1 atom stereocenters. The summed E-state index contributed by atoms with van der Waals surface area (Å²) < 4.78 is 22.6. The third-order valence-corrected chi connectivity index (χ3v) is 5.47. The van der Waals surface area contributed by atoms with Crippen LogP contribution in [-0.4, -0.2) is 46.0 Å². The van der Waals surface area contributed by atoms with Crippen LogP contribution in [0.15, 0.2) is 41.4 Å². The lowest BCUT2D eigenvalue weighted by molar-refractivity contribution is 0.0694. The molecule has 0 amide bonds. The number of hydrogen-bond donors (Lipinski definition) is 2. The summed E-state index contributed by atoms with van der Waals surface area (Å²) in [6, 6.07) is 12.2. The molecule has 1 aliphatic heterocycles. The van der Waals surface area contributed by atoms with Gasteiger partial charge in [-0.25, -0.2) is 0 Å². The first kappa shape index (κ1) is 23.6. The number of ether oxygens (including phenoxy) is 4. The molecule has 7 nitrogen and oxygen atoms in total.